The second kappa shape index (κ2) is 7.56. The van der Waals surface area contributed by atoms with Gasteiger partial charge in [-0.15, -0.1) is 0 Å². The first-order valence-corrected chi connectivity index (χ1v) is 9.36. The van der Waals surface area contributed by atoms with Gasteiger partial charge in [0.1, 0.15) is 16.8 Å². The molecule has 0 fully saturated rings. The minimum absolute atomic E-state index is 0.137. The summed E-state index contributed by atoms with van der Waals surface area (Å²) < 4.78 is 12.4. The summed E-state index contributed by atoms with van der Waals surface area (Å²) in [5, 5.41) is 4.65. The van der Waals surface area contributed by atoms with Crippen LogP contribution in [0.2, 0.25) is 0 Å². The zero-order valence-corrected chi connectivity index (χ0v) is 17.0. The number of benzene rings is 2. The van der Waals surface area contributed by atoms with Gasteiger partial charge in [0, 0.05) is 25.2 Å². The number of aromatic nitrogens is 2. The summed E-state index contributed by atoms with van der Waals surface area (Å²) in [6.45, 7) is 0.867. The van der Waals surface area contributed by atoms with Gasteiger partial charge < -0.3 is 18.7 Å². The second-order valence-corrected chi connectivity index (χ2v) is 7.33. The maximum absolute atomic E-state index is 13.1. The van der Waals surface area contributed by atoms with E-state index in [9.17, 15) is 4.79 Å². The SMILES string of the molecule is COc1ccc(-c2noc3cc(-c4ccc(CN(C)C)cc4)n(C)c(=O)c23)cc1. The fourth-order valence-corrected chi connectivity index (χ4v) is 3.48. The smallest absolute Gasteiger partial charge is 0.264 e. The fourth-order valence-electron chi connectivity index (χ4n) is 3.48. The van der Waals surface area contributed by atoms with Crippen LogP contribution in [-0.2, 0) is 13.6 Å². The van der Waals surface area contributed by atoms with Crippen molar-refractivity contribution in [1.82, 2.24) is 14.6 Å². The van der Waals surface area contributed by atoms with Gasteiger partial charge >= 0.3 is 0 Å². The minimum atomic E-state index is -0.137. The van der Waals surface area contributed by atoms with Gasteiger partial charge in [-0.2, -0.15) is 0 Å². The molecule has 148 valence electrons. The lowest BCUT2D eigenvalue weighted by atomic mass is 10.1. The van der Waals surface area contributed by atoms with E-state index < -0.39 is 0 Å². The molecule has 0 amide bonds. The Morgan fingerprint density at radius 2 is 1.69 bits per heavy atom. The molecule has 0 atom stereocenters. The monoisotopic (exact) mass is 389 g/mol. The number of ether oxygens (including phenoxy) is 1. The summed E-state index contributed by atoms with van der Waals surface area (Å²) in [6, 6.07) is 17.5. The molecule has 0 aliphatic heterocycles. The van der Waals surface area contributed by atoms with Gasteiger partial charge in [-0.05, 0) is 49.5 Å². The molecule has 0 unspecified atom stereocenters. The van der Waals surface area contributed by atoms with Crippen LogP contribution in [0, 0.1) is 0 Å². The van der Waals surface area contributed by atoms with Crippen LogP contribution in [0.3, 0.4) is 0 Å². The molecule has 4 rings (SSSR count). The van der Waals surface area contributed by atoms with Crippen molar-refractivity contribution in [1.29, 1.82) is 0 Å². The molecule has 29 heavy (non-hydrogen) atoms. The van der Waals surface area contributed by atoms with Crippen molar-refractivity contribution in [2.24, 2.45) is 7.05 Å². The third-order valence-electron chi connectivity index (χ3n) is 4.98. The van der Waals surface area contributed by atoms with Crippen LogP contribution in [0.15, 0.2) is 63.9 Å². The van der Waals surface area contributed by atoms with Gasteiger partial charge in [0.15, 0.2) is 5.58 Å². The summed E-state index contributed by atoms with van der Waals surface area (Å²) >= 11 is 0. The summed E-state index contributed by atoms with van der Waals surface area (Å²) in [4.78, 5) is 15.3. The minimum Gasteiger partial charge on any atom is -0.497 e. The highest BCUT2D eigenvalue weighted by molar-refractivity contribution is 5.92. The molecule has 0 spiro atoms. The van der Waals surface area contributed by atoms with Gasteiger partial charge in [0.05, 0.1) is 12.8 Å². The Balaban J connectivity index is 1.79. The molecule has 6 heteroatoms. The average molecular weight is 389 g/mol. The Morgan fingerprint density at radius 3 is 2.31 bits per heavy atom. The van der Waals surface area contributed by atoms with Crippen molar-refractivity contribution in [3.63, 3.8) is 0 Å². The lowest BCUT2D eigenvalue weighted by Gasteiger charge is -2.12. The average Bonchev–Trinajstić information content (AvgIpc) is 3.15. The van der Waals surface area contributed by atoms with Crippen LogP contribution in [0.5, 0.6) is 5.75 Å². The third kappa shape index (κ3) is 3.54. The Labute approximate surface area is 168 Å². The van der Waals surface area contributed by atoms with Crippen molar-refractivity contribution >= 4 is 11.0 Å². The largest absolute Gasteiger partial charge is 0.497 e. The molecule has 0 bridgehead atoms. The molecule has 2 heterocycles. The number of rotatable bonds is 5. The topological polar surface area (TPSA) is 60.5 Å². The van der Waals surface area contributed by atoms with E-state index >= 15 is 0 Å². The Hall–Kier alpha value is -3.38. The number of nitrogens with zero attached hydrogens (tertiary/aromatic N) is 3. The maximum Gasteiger partial charge on any atom is 0.264 e. The van der Waals surface area contributed by atoms with Gasteiger partial charge in [-0.25, -0.2) is 0 Å². The normalized spacial score (nSPS) is 11.3. The zero-order valence-electron chi connectivity index (χ0n) is 17.0. The quantitative estimate of drug-likeness (QED) is 0.518. The number of hydrogen-bond donors (Lipinski definition) is 0. The van der Waals surface area contributed by atoms with Gasteiger partial charge in [0.2, 0.25) is 0 Å². The summed E-state index contributed by atoms with van der Waals surface area (Å²) in [6.07, 6.45) is 0. The summed E-state index contributed by atoms with van der Waals surface area (Å²) in [7, 11) is 7.46. The van der Waals surface area contributed by atoms with E-state index in [4.69, 9.17) is 9.26 Å². The van der Waals surface area contributed by atoms with Gasteiger partial charge in [-0.1, -0.05) is 29.4 Å². The number of methoxy groups -OCH3 is 1. The van der Waals surface area contributed by atoms with E-state index in [1.54, 1.807) is 18.7 Å². The lowest BCUT2D eigenvalue weighted by molar-refractivity contribution is 0.402. The molecular weight excluding hydrogens is 366 g/mol. The van der Waals surface area contributed by atoms with E-state index in [-0.39, 0.29) is 5.56 Å². The van der Waals surface area contributed by atoms with Crippen molar-refractivity contribution < 1.29 is 9.26 Å². The van der Waals surface area contributed by atoms with Crippen LogP contribution in [0.4, 0.5) is 0 Å². The standard InChI is InChI=1S/C23H23N3O3/c1-25(2)14-15-5-7-16(8-6-15)19-13-20-21(23(27)26(19)3)22(24-29-20)17-9-11-18(28-4)12-10-17/h5-13H,14H2,1-4H3. The molecule has 2 aromatic carbocycles. The molecule has 0 aliphatic rings. The molecule has 0 saturated heterocycles. The molecule has 0 N–H and O–H groups in total. The number of fused-ring (bicyclic) bond motifs is 1. The molecule has 0 aliphatic carbocycles. The summed E-state index contributed by atoms with van der Waals surface area (Å²) in [5.74, 6) is 0.745. The molecule has 0 radical (unpaired) electrons. The Bertz CT molecular complexity index is 1200. The second-order valence-electron chi connectivity index (χ2n) is 7.33. The maximum atomic E-state index is 13.1. The van der Waals surface area contributed by atoms with Crippen molar-refractivity contribution in [3.8, 4) is 28.3 Å². The van der Waals surface area contributed by atoms with Crippen molar-refractivity contribution in [2.45, 2.75) is 6.54 Å². The van der Waals surface area contributed by atoms with Crippen LogP contribution in [0.1, 0.15) is 5.56 Å². The van der Waals surface area contributed by atoms with Crippen LogP contribution >= 0.6 is 0 Å². The molecule has 4 aromatic rings. The highest BCUT2D eigenvalue weighted by Crippen LogP contribution is 2.29. The van der Waals surface area contributed by atoms with Crippen LogP contribution < -0.4 is 10.3 Å². The molecule has 6 nitrogen and oxygen atoms in total. The van der Waals surface area contributed by atoms with E-state index in [1.165, 1.54) is 5.56 Å². The first-order valence-electron chi connectivity index (χ1n) is 9.36. The Kier molecular flexibility index (Phi) is 4.94. The van der Waals surface area contributed by atoms with E-state index in [0.29, 0.717) is 16.7 Å². The van der Waals surface area contributed by atoms with E-state index in [1.807, 2.05) is 56.6 Å². The lowest BCUT2D eigenvalue weighted by Crippen LogP contribution is -2.18. The number of pyridine rings is 1. The molecule has 2 aromatic heterocycles. The van der Waals surface area contributed by atoms with Crippen LogP contribution in [0.25, 0.3) is 33.5 Å². The van der Waals surface area contributed by atoms with Gasteiger partial charge in [0.25, 0.3) is 5.56 Å². The first kappa shape index (κ1) is 19.0. The number of hydrogen-bond acceptors (Lipinski definition) is 5. The van der Waals surface area contributed by atoms with Gasteiger partial charge in [-0.3, -0.25) is 4.79 Å². The third-order valence-corrected chi connectivity index (χ3v) is 4.98. The summed E-state index contributed by atoms with van der Waals surface area (Å²) in [5.41, 5.74) is 4.64. The van der Waals surface area contributed by atoms with Crippen LogP contribution in [-0.4, -0.2) is 35.8 Å². The predicted molar refractivity (Wildman–Crippen MR) is 114 cm³/mol. The van der Waals surface area contributed by atoms with Crippen molar-refractivity contribution in [3.05, 3.63) is 70.5 Å². The zero-order chi connectivity index (χ0) is 20.5. The predicted octanol–water partition coefficient (Wildman–Crippen LogP) is 3.93. The molecule has 0 saturated carbocycles. The van der Waals surface area contributed by atoms with Crippen molar-refractivity contribution in [2.75, 3.05) is 21.2 Å². The van der Waals surface area contributed by atoms with E-state index in [0.717, 1.165) is 29.1 Å². The Morgan fingerprint density at radius 1 is 1.03 bits per heavy atom. The van der Waals surface area contributed by atoms with E-state index in [2.05, 4.69) is 22.2 Å². The molecular formula is C23H23N3O3. The highest BCUT2D eigenvalue weighted by Gasteiger charge is 2.18. The highest BCUT2D eigenvalue weighted by atomic mass is 16.5. The fraction of sp³-hybridized carbons (Fsp3) is 0.217. The first-order chi connectivity index (χ1) is 14.0.